The average molecular weight is 240 g/mol. The Bertz CT molecular complexity index is 394. The molecule has 0 unspecified atom stereocenters. The molecule has 0 aliphatic carbocycles. The molecule has 1 saturated heterocycles. The molecule has 0 bridgehead atoms. The second-order valence-electron chi connectivity index (χ2n) is 4.13. The molecule has 86 valence electrons. The lowest BCUT2D eigenvalue weighted by Gasteiger charge is -2.18. The van der Waals surface area contributed by atoms with Crippen LogP contribution >= 0.6 is 11.6 Å². The van der Waals surface area contributed by atoms with E-state index in [9.17, 15) is 4.79 Å². The fraction of sp³-hybridized carbons (Fsp3) is 0.417. The van der Waals surface area contributed by atoms with Crippen LogP contribution in [0.2, 0.25) is 5.02 Å². The molecule has 0 saturated carbocycles. The molecule has 1 aliphatic rings. The molecule has 0 amide bonds. The summed E-state index contributed by atoms with van der Waals surface area (Å²) in [6, 6.07) is 7.74. The van der Waals surface area contributed by atoms with Gasteiger partial charge in [0.2, 0.25) is 0 Å². The third kappa shape index (κ3) is 2.54. The second-order valence-corrected chi connectivity index (χ2v) is 4.57. The Kier molecular flexibility index (Phi) is 3.46. The van der Waals surface area contributed by atoms with Crippen molar-refractivity contribution in [2.24, 2.45) is 5.92 Å². The highest BCUT2D eigenvalue weighted by Gasteiger charge is 2.29. The Hall–Kier alpha value is -1.06. The van der Waals surface area contributed by atoms with Crippen molar-refractivity contribution in [1.29, 1.82) is 0 Å². The molecule has 1 aromatic carbocycles. The zero-order valence-electron chi connectivity index (χ0n) is 8.82. The van der Waals surface area contributed by atoms with Crippen LogP contribution in [0, 0.1) is 5.92 Å². The molecule has 3 nitrogen and oxygen atoms in total. The van der Waals surface area contributed by atoms with Gasteiger partial charge in [-0.15, -0.1) is 0 Å². The van der Waals surface area contributed by atoms with E-state index in [1.165, 1.54) is 0 Å². The van der Waals surface area contributed by atoms with Gasteiger partial charge >= 0.3 is 5.97 Å². The molecule has 2 atom stereocenters. The number of rotatable bonds is 3. The predicted molar refractivity (Wildman–Crippen MR) is 62.6 cm³/mol. The van der Waals surface area contributed by atoms with E-state index in [2.05, 4.69) is 5.32 Å². The lowest BCUT2D eigenvalue weighted by molar-refractivity contribution is -0.138. The first-order valence-corrected chi connectivity index (χ1v) is 5.75. The molecule has 16 heavy (non-hydrogen) atoms. The zero-order chi connectivity index (χ0) is 11.5. The number of carboxylic acid groups (broad SMARTS) is 1. The van der Waals surface area contributed by atoms with E-state index in [4.69, 9.17) is 16.7 Å². The van der Waals surface area contributed by atoms with Gasteiger partial charge in [0.15, 0.2) is 0 Å². The van der Waals surface area contributed by atoms with Gasteiger partial charge in [-0.25, -0.2) is 0 Å². The van der Waals surface area contributed by atoms with Crippen LogP contribution < -0.4 is 5.32 Å². The van der Waals surface area contributed by atoms with Gasteiger partial charge in [-0.05, 0) is 36.6 Å². The van der Waals surface area contributed by atoms with Gasteiger partial charge in [0.25, 0.3) is 0 Å². The summed E-state index contributed by atoms with van der Waals surface area (Å²) in [4.78, 5) is 10.7. The average Bonchev–Trinajstić information content (AvgIpc) is 2.65. The summed E-state index contributed by atoms with van der Waals surface area (Å²) in [7, 11) is 0. The van der Waals surface area contributed by atoms with Crippen molar-refractivity contribution >= 4 is 17.6 Å². The normalized spacial score (nSPS) is 24.6. The molecular weight excluding hydrogens is 226 g/mol. The molecule has 1 aromatic rings. The van der Waals surface area contributed by atoms with Crippen molar-refractivity contribution in [3.8, 4) is 0 Å². The van der Waals surface area contributed by atoms with Crippen molar-refractivity contribution < 1.29 is 9.90 Å². The Morgan fingerprint density at radius 2 is 2.38 bits per heavy atom. The van der Waals surface area contributed by atoms with Crippen LogP contribution in [-0.2, 0) is 4.79 Å². The van der Waals surface area contributed by atoms with E-state index in [1.54, 1.807) is 0 Å². The van der Waals surface area contributed by atoms with Crippen molar-refractivity contribution in [2.45, 2.75) is 18.9 Å². The van der Waals surface area contributed by atoms with E-state index in [0.29, 0.717) is 5.02 Å². The third-order valence-electron chi connectivity index (χ3n) is 3.00. The second kappa shape index (κ2) is 4.85. The minimum atomic E-state index is -0.735. The number of hydrogen-bond acceptors (Lipinski definition) is 2. The largest absolute Gasteiger partial charge is 0.481 e. The number of halogens is 1. The third-order valence-corrected chi connectivity index (χ3v) is 3.23. The number of aliphatic carboxylic acids is 1. The molecule has 1 aliphatic heterocycles. The minimum absolute atomic E-state index is 0.120. The highest BCUT2D eigenvalue weighted by Crippen LogP contribution is 2.32. The lowest BCUT2D eigenvalue weighted by Crippen LogP contribution is -2.19. The number of carbonyl (C=O) groups is 1. The van der Waals surface area contributed by atoms with E-state index >= 15 is 0 Å². The standard InChI is InChI=1S/C12H14ClNO2/c13-10-3-1-2-8(6-10)12-9(4-5-14-12)7-11(15)16/h1-3,6,9,12,14H,4-5,7H2,(H,15,16)/t9-,12-/m1/s1. The van der Waals surface area contributed by atoms with Crippen LogP contribution in [0.5, 0.6) is 0 Å². The maximum Gasteiger partial charge on any atom is 0.303 e. The summed E-state index contributed by atoms with van der Waals surface area (Å²) in [5, 5.41) is 12.9. The molecular formula is C12H14ClNO2. The monoisotopic (exact) mass is 239 g/mol. The van der Waals surface area contributed by atoms with Crippen molar-refractivity contribution in [3.63, 3.8) is 0 Å². The zero-order valence-corrected chi connectivity index (χ0v) is 9.57. The van der Waals surface area contributed by atoms with Crippen LogP contribution in [0.1, 0.15) is 24.4 Å². The summed E-state index contributed by atoms with van der Waals surface area (Å²) in [5.41, 5.74) is 1.08. The van der Waals surface area contributed by atoms with Gasteiger partial charge in [-0.3, -0.25) is 4.79 Å². The first kappa shape index (κ1) is 11.4. The molecule has 0 spiro atoms. The van der Waals surface area contributed by atoms with Crippen LogP contribution in [0.15, 0.2) is 24.3 Å². The SMILES string of the molecule is O=C(O)C[C@H]1CCN[C@@H]1c1cccc(Cl)c1. The van der Waals surface area contributed by atoms with Crippen LogP contribution in [0.4, 0.5) is 0 Å². The molecule has 0 aromatic heterocycles. The lowest BCUT2D eigenvalue weighted by atomic mass is 9.91. The van der Waals surface area contributed by atoms with E-state index in [1.807, 2.05) is 24.3 Å². The molecule has 0 radical (unpaired) electrons. The maximum atomic E-state index is 10.7. The molecule has 2 rings (SSSR count). The van der Waals surface area contributed by atoms with E-state index in [0.717, 1.165) is 18.5 Å². The minimum Gasteiger partial charge on any atom is -0.481 e. The first-order valence-electron chi connectivity index (χ1n) is 5.37. The van der Waals surface area contributed by atoms with E-state index < -0.39 is 5.97 Å². The van der Waals surface area contributed by atoms with Crippen LogP contribution in [-0.4, -0.2) is 17.6 Å². The summed E-state index contributed by atoms with van der Waals surface area (Å²) in [6.45, 7) is 0.870. The Labute approximate surface area is 99.4 Å². The highest BCUT2D eigenvalue weighted by molar-refractivity contribution is 6.30. The van der Waals surface area contributed by atoms with Crippen molar-refractivity contribution in [2.75, 3.05) is 6.54 Å². The van der Waals surface area contributed by atoms with E-state index in [-0.39, 0.29) is 18.4 Å². The van der Waals surface area contributed by atoms with Crippen LogP contribution in [0.25, 0.3) is 0 Å². The van der Waals surface area contributed by atoms with Crippen molar-refractivity contribution in [3.05, 3.63) is 34.9 Å². The number of nitrogens with one attached hydrogen (secondary N) is 1. The Morgan fingerprint density at radius 1 is 1.56 bits per heavy atom. The van der Waals surface area contributed by atoms with Gasteiger partial charge < -0.3 is 10.4 Å². The fourth-order valence-electron chi connectivity index (χ4n) is 2.29. The maximum absolute atomic E-state index is 10.7. The fourth-order valence-corrected chi connectivity index (χ4v) is 2.49. The molecule has 2 N–H and O–H groups in total. The van der Waals surface area contributed by atoms with Gasteiger partial charge in [-0.1, -0.05) is 23.7 Å². The quantitative estimate of drug-likeness (QED) is 0.852. The summed E-state index contributed by atoms with van der Waals surface area (Å²) in [5.74, 6) is -0.573. The summed E-state index contributed by atoms with van der Waals surface area (Å²) in [6.07, 6.45) is 1.12. The highest BCUT2D eigenvalue weighted by atomic mass is 35.5. The Morgan fingerprint density at radius 3 is 3.06 bits per heavy atom. The topological polar surface area (TPSA) is 49.3 Å². The van der Waals surface area contributed by atoms with Crippen molar-refractivity contribution in [1.82, 2.24) is 5.32 Å². The van der Waals surface area contributed by atoms with Gasteiger partial charge in [0, 0.05) is 11.1 Å². The van der Waals surface area contributed by atoms with Crippen LogP contribution in [0.3, 0.4) is 0 Å². The molecule has 1 heterocycles. The molecule has 1 fully saturated rings. The molecule has 4 heteroatoms. The smallest absolute Gasteiger partial charge is 0.303 e. The summed E-state index contributed by atoms with van der Waals surface area (Å²) >= 11 is 5.93. The number of hydrogen-bond donors (Lipinski definition) is 2. The number of benzene rings is 1. The van der Waals surface area contributed by atoms with Gasteiger partial charge in [0.1, 0.15) is 0 Å². The van der Waals surface area contributed by atoms with Gasteiger partial charge in [-0.2, -0.15) is 0 Å². The predicted octanol–water partition coefficient (Wildman–Crippen LogP) is 2.47. The number of carboxylic acids is 1. The van der Waals surface area contributed by atoms with Gasteiger partial charge in [0.05, 0.1) is 6.42 Å². The Balaban J connectivity index is 2.16. The summed E-state index contributed by atoms with van der Waals surface area (Å²) < 4.78 is 0. The first-order chi connectivity index (χ1) is 7.66.